The Morgan fingerprint density at radius 3 is 2.58 bits per heavy atom. The highest BCUT2D eigenvalue weighted by Gasteiger charge is 2.12. The SMILES string of the molecule is CCCC(COC)Nc1nc(Cl)nc(OC(C)C)n1. The molecule has 0 radical (unpaired) electrons. The van der Waals surface area contributed by atoms with Crippen molar-refractivity contribution in [1.82, 2.24) is 15.0 Å². The maximum absolute atomic E-state index is 5.86. The van der Waals surface area contributed by atoms with Gasteiger partial charge in [-0.05, 0) is 31.9 Å². The molecule has 1 heterocycles. The van der Waals surface area contributed by atoms with Crippen LogP contribution in [0.2, 0.25) is 5.28 Å². The van der Waals surface area contributed by atoms with Crippen molar-refractivity contribution in [3.8, 4) is 6.01 Å². The Kier molecular flexibility index (Phi) is 6.80. The summed E-state index contributed by atoms with van der Waals surface area (Å²) < 4.78 is 10.6. The molecule has 1 atom stereocenters. The second-order valence-corrected chi connectivity index (χ2v) is 4.80. The minimum atomic E-state index is -0.0169. The summed E-state index contributed by atoms with van der Waals surface area (Å²) in [7, 11) is 1.66. The first-order valence-corrected chi connectivity index (χ1v) is 6.76. The van der Waals surface area contributed by atoms with Gasteiger partial charge in [0, 0.05) is 7.11 Å². The zero-order chi connectivity index (χ0) is 14.3. The third-order valence-electron chi connectivity index (χ3n) is 2.27. The number of anilines is 1. The Hall–Kier alpha value is -1.14. The van der Waals surface area contributed by atoms with Crippen LogP contribution in [0.5, 0.6) is 6.01 Å². The molecular formula is C12H21ClN4O2. The molecule has 1 unspecified atom stereocenters. The molecule has 108 valence electrons. The van der Waals surface area contributed by atoms with Gasteiger partial charge >= 0.3 is 6.01 Å². The van der Waals surface area contributed by atoms with Gasteiger partial charge in [0.05, 0.1) is 18.8 Å². The number of ether oxygens (including phenoxy) is 2. The summed E-state index contributed by atoms with van der Waals surface area (Å²) in [4.78, 5) is 12.1. The molecule has 1 aromatic rings. The lowest BCUT2D eigenvalue weighted by molar-refractivity contribution is 0.182. The molecule has 0 aliphatic rings. The van der Waals surface area contributed by atoms with Crippen LogP contribution in [0, 0.1) is 0 Å². The van der Waals surface area contributed by atoms with Crippen molar-refractivity contribution in [2.24, 2.45) is 0 Å². The molecule has 0 saturated heterocycles. The van der Waals surface area contributed by atoms with Crippen LogP contribution in [0.3, 0.4) is 0 Å². The first-order valence-electron chi connectivity index (χ1n) is 6.38. The van der Waals surface area contributed by atoms with Crippen LogP contribution in [0.25, 0.3) is 0 Å². The highest BCUT2D eigenvalue weighted by molar-refractivity contribution is 6.28. The molecule has 0 aliphatic heterocycles. The molecule has 0 bridgehead atoms. The Labute approximate surface area is 118 Å². The van der Waals surface area contributed by atoms with E-state index in [1.165, 1.54) is 0 Å². The van der Waals surface area contributed by atoms with Gasteiger partial charge in [-0.25, -0.2) is 0 Å². The Balaban J connectivity index is 2.77. The summed E-state index contributed by atoms with van der Waals surface area (Å²) in [6.45, 7) is 6.49. The normalized spacial score (nSPS) is 12.5. The molecule has 1 rings (SSSR count). The largest absolute Gasteiger partial charge is 0.461 e. The van der Waals surface area contributed by atoms with E-state index in [9.17, 15) is 0 Å². The lowest BCUT2D eigenvalue weighted by Crippen LogP contribution is -2.26. The number of nitrogens with one attached hydrogen (secondary N) is 1. The Morgan fingerprint density at radius 1 is 1.26 bits per heavy atom. The summed E-state index contributed by atoms with van der Waals surface area (Å²) >= 11 is 5.86. The fourth-order valence-electron chi connectivity index (χ4n) is 1.59. The fourth-order valence-corrected chi connectivity index (χ4v) is 1.74. The molecule has 0 aliphatic carbocycles. The van der Waals surface area contributed by atoms with E-state index in [1.54, 1.807) is 7.11 Å². The summed E-state index contributed by atoms with van der Waals surface area (Å²) in [6, 6.07) is 0.366. The zero-order valence-electron chi connectivity index (χ0n) is 11.8. The maximum atomic E-state index is 5.86. The maximum Gasteiger partial charge on any atom is 0.322 e. The lowest BCUT2D eigenvalue weighted by Gasteiger charge is -2.17. The highest BCUT2D eigenvalue weighted by Crippen LogP contribution is 2.14. The van der Waals surface area contributed by atoms with Crippen molar-refractivity contribution in [2.45, 2.75) is 45.8 Å². The molecule has 7 heteroatoms. The second-order valence-electron chi connectivity index (χ2n) is 4.46. The minimum Gasteiger partial charge on any atom is -0.461 e. The molecule has 19 heavy (non-hydrogen) atoms. The lowest BCUT2D eigenvalue weighted by atomic mass is 10.2. The highest BCUT2D eigenvalue weighted by atomic mass is 35.5. The van der Waals surface area contributed by atoms with Crippen LogP contribution >= 0.6 is 11.6 Å². The van der Waals surface area contributed by atoms with E-state index in [-0.39, 0.29) is 23.4 Å². The van der Waals surface area contributed by atoms with Crippen LogP contribution in [0.4, 0.5) is 5.95 Å². The number of methoxy groups -OCH3 is 1. The smallest absolute Gasteiger partial charge is 0.322 e. The van der Waals surface area contributed by atoms with E-state index in [1.807, 2.05) is 13.8 Å². The van der Waals surface area contributed by atoms with Crippen LogP contribution < -0.4 is 10.1 Å². The van der Waals surface area contributed by atoms with E-state index < -0.39 is 0 Å². The zero-order valence-corrected chi connectivity index (χ0v) is 12.6. The monoisotopic (exact) mass is 288 g/mol. The molecule has 1 N–H and O–H groups in total. The molecule has 0 amide bonds. The molecular weight excluding hydrogens is 268 g/mol. The molecule has 0 saturated carbocycles. The number of rotatable bonds is 8. The predicted octanol–water partition coefficient (Wildman–Crippen LogP) is 2.54. The average Bonchev–Trinajstić information content (AvgIpc) is 2.27. The van der Waals surface area contributed by atoms with Crippen molar-refractivity contribution in [1.29, 1.82) is 0 Å². The first kappa shape index (κ1) is 15.9. The summed E-state index contributed by atoms with van der Waals surface area (Å²) in [6.07, 6.45) is 1.98. The number of hydrogen-bond acceptors (Lipinski definition) is 6. The molecule has 6 nitrogen and oxygen atoms in total. The fraction of sp³-hybridized carbons (Fsp3) is 0.750. The summed E-state index contributed by atoms with van der Waals surface area (Å²) in [5, 5.41) is 3.30. The Bertz CT molecular complexity index is 384. The number of hydrogen-bond donors (Lipinski definition) is 1. The van der Waals surface area contributed by atoms with Gasteiger partial charge in [0.2, 0.25) is 11.2 Å². The Morgan fingerprint density at radius 2 is 2.00 bits per heavy atom. The third-order valence-corrected chi connectivity index (χ3v) is 2.44. The van der Waals surface area contributed by atoms with Gasteiger partial charge in [0.25, 0.3) is 0 Å². The van der Waals surface area contributed by atoms with Crippen molar-refractivity contribution in [2.75, 3.05) is 19.0 Å². The molecule has 1 aromatic heterocycles. The van der Waals surface area contributed by atoms with E-state index in [2.05, 4.69) is 27.2 Å². The van der Waals surface area contributed by atoms with Crippen LogP contribution in [0.15, 0.2) is 0 Å². The summed E-state index contributed by atoms with van der Waals surface area (Å²) in [5.41, 5.74) is 0. The first-order chi connectivity index (χ1) is 9.05. The number of aromatic nitrogens is 3. The van der Waals surface area contributed by atoms with Crippen molar-refractivity contribution in [3.05, 3.63) is 5.28 Å². The van der Waals surface area contributed by atoms with E-state index in [0.717, 1.165) is 12.8 Å². The van der Waals surface area contributed by atoms with Gasteiger partial charge in [0.1, 0.15) is 0 Å². The van der Waals surface area contributed by atoms with E-state index in [0.29, 0.717) is 12.6 Å². The second kappa shape index (κ2) is 8.12. The van der Waals surface area contributed by atoms with Crippen LogP contribution in [0.1, 0.15) is 33.6 Å². The quantitative estimate of drug-likeness (QED) is 0.793. The molecule has 0 fully saturated rings. The number of halogens is 1. The predicted molar refractivity (Wildman–Crippen MR) is 74.8 cm³/mol. The van der Waals surface area contributed by atoms with Gasteiger partial charge in [0.15, 0.2) is 0 Å². The average molecular weight is 289 g/mol. The van der Waals surface area contributed by atoms with Crippen LogP contribution in [-0.4, -0.2) is 40.8 Å². The van der Waals surface area contributed by atoms with E-state index in [4.69, 9.17) is 21.1 Å². The van der Waals surface area contributed by atoms with Crippen molar-refractivity contribution < 1.29 is 9.47 Å². The number of nitrogens with zero attached hydrogens (tertiary/aromatic N) is 3. The standard InChI is InChI=1S/C12H21ClN4O2/c1-5-6-9(7-18-4)14-11-15-10(13)16-12(17-11)19-8(2)3/h8-9H,5-7H2,1-4H3,(H,14,15,16,17). The van der Waals surface area contributed by atoms with Gasteiger partial charge in [-0.15, -0.1) is 0 Å². The van der Waals surface area contributed by atoms with Crippen molar-refractivity contribution >= 4 is 17.5 Å². The van der Waals surface area contributed by atoms with Gasteiger partial charge in [-0.2, -0.15) is 15.0 Å². The van der Waals surface area contributed by atoms with E-state index >= 15 is 0 Å². The summed E-state index contributed by atoms with van der Waals surface area (Å²) in [5.74, 6) is 0.408. The topological polar surface area (TPSA) is 69.2 Å². The van der Waals surface area contributed by atoms with Gasteiger partial charge in [-0.3, -0.25) is 0 Å². The van der Waals surface area contributed by atoms with Crippen molar-refractivity contribution in [3.63, 3.8) is 0 Å². The third kappa shape index (κ3) is 6.02. The minimum absolute atomic E-state index is 0.0169. The molecule has 0 spiro atoms. The molecule has 0 aromatic carbocycles. The van der Waals surface area contributed by atoms with Gasteiger partial charge in [-0.1, -0.05) is 13.3 Å². The van der Waals surface area contributed by atoms with Crippen LogP contribution in [-0.2, 0) is 4.74 Å². The van der Waals surface area contributed by atoms with Gasteiger partial charge < -0.3 is 14.8 Å².